The fourth-order valence-corrected chi connectivity index (χ4v) is 2.88. The van der Waals surface area contributed by atoms with Crippen molar-refractivity contribution < 1.29 is 9.59 Å². The summed E-state index contributed by atoms with van der Waals surface area (Å²) in [6, 6.07) is -0.0692. The number of carbonyl (C=O) groups is 2. The molecule has 130 valence electrons. The molecule has 0 aromatic carbocycles. The molecule has 2 amide bonds. The molecule has 22 heavy (non-hydrogen) atoms. The van der Waals surface area contributed by atoms with Crippen LogP contribution in [0.5, 0.6) is 0 Å². The second kappa shape index (κ2) is 8.80. The van der Waals surface area contributed by atoms with Gasteiger partial charge in [-0.3, -0.25) is 9.59 Å². The molecule has 0 heterocycles. The summed E-state index contributed by atoms with van der Waals surface area (Å²) in [5, 5.41) is 6.21. The summed E-state index contributed by atoms with van der Waals surface area (Å²) in [6.45, 7) is 14.8. The molecule has 0 aromatic rings. The minimum atomic E-state index is -0.413. The standard InChI is InChI=1S/C17H34N2O2S/c1-12(10-18-14(20)9-13(2)22-8)19-15(21)17(6,7)11-16(3,4)5/h12-13H,9-11H2,1-8H3,(H,18,20)(H,19,21)/t12-,13?/m1/s1. The zero-order valence-electron chi connectivity index (χ0n) is 15.5. The number of hydrogen-bond donors (Lipinski definition) is 2. The molecular weight excluding hydrogens is 296 g/mol. The van der Waals surface area contributed by atoms with E-state index in [9.17, 15) is 9.59 Å². The molecule has 1 unspecified atom stereocenters. The maximum atomic E-state index is 12.4. The van der Waals surface area contributed by atoms with Crippen molar-refractivity contribution in [1.29, 1.82) is 0 Å². The van der Waals surface area contributed by atoms with Gasteiger partial charge in [0.15, 0.2) is 0 Å². The van der Waals surface area contributed by atoms with Crippen LogP contribution in [0, 0.1) is 10.8 Å². The fraction of sp³-hybridized carbons (Fsp3) is 0.882. The normalized spacial score (nSPS) is 15.1. The van der Waals surface area contributed by atoms with Crippen molar-refractivity contribution in [3.05, 3.63) is 0 Å². The zero-order valence-corrected chi connectivity index (χ0v) is 16.3. The van der Waals surface area contributed by atoms with Crippen LogP contribution in [0.2, 0.25) is 0 Å². The van der Waals surface area contributed by atoms with Gasteiger partial charge in [0.05, 0.1) is 0 Å². The van der Waals surface area contributed by atoms with Gasteiger partial charge in [0.1, 0.15) is 0 Å². The monoisotopic (exact) mass is 330 g/mol. The lowest BCUT2D eigenvalue weighted by molar-refractivity contribution is -0.131. The molecule has 0 rings (SSSR count). The second-order valence-electron chi connectivity index (χ2n) is 8.05. The molecule has 0 spiro atoms. The summed E-state index contributed by atoms with van der Waals surface area (Å²) < 4.78 is 0. The highest BCUT2D eigenvalue weighted by atomic mass is 32.2. The predicted molar refractivity (Wildman–Crippen MR) is 96.1 cm³/mol. The number of hydrogen-bond acceptors (Lipinski definition) is 3. The Labute approximate surface area is 140 Å². The molecule has 2 atom stereocenters. The maximum Gasteiger partial charge on any atom is 0.225 e. The quantitative estimate of drug-likeness (QED) is 0.718. The van der Waals surface area contributed by atoms with E-state index in [0.29, 0.717) is 18.2 Å². The molecule has 0 aromatic heterocycles. The van der Waals surface area contributed by atoms with E-state index in [1.165, 1.54) is 0 Å². The van der Waals surface area contributed by atoms with Gasteiger partial charge in [-0.15, -0.1) is 0 Å². The van der Waals surface area contributed by atoms with Crippen molar-refractivity contribution in [1.82, 2.24) is 10.6 Å². The minimum Gasteiger partial charge on any atom is -0.354 e. The second-order valence-corrected chi connectivity index (χ2v) is 9.33. The van der Waals surface area contributed by atoms with Gasteiger partial charge in [-0.25, -0.2) is 0 Å². The Balaban J connectivity index is 4.28. The van der Waals surface area contributed by atoms with Gasteiger partial charge in [0, 0.05) is 29.7 Å². The summed E-state index contributed by atoms with van der Waals surface area (Å²) in [7, 11) is 0. The third-order valence-electron chi connectivity index (χ3n) is 3.45. The van der Waals surface area contributed by atoms with E-state index in [1.54, 1.807) is 11.8 Å². The van der Waals surface area contributed by atoms with Crippen molar-refractivity contribution in [3.8, 4) is 0 Å². The van der Waals surface area contributed by atoms with E-state index < -0.39 is 5.41 Å². The van der Waals surface area contributed by atoms with Crippen LogP contribution in [0.25, 0.3) is 0 Å². The van der Waals surface area contributed by atoms with Crippen LogP contribution in [0.4, 0.5) is 0 Å². The largest absolute Gasteiger partial charge is 0.354 e. The summed E-state index contributed by atoms with van der Waals surface area (Å²) in [5.74, 6) is 0.0820. The topological polar surface area (TPSA) is 58.2 Å². The average Bonchev–Trinajstić information content (AvgIpc) is 2.33. The summed E-state index contributed by atoms with van der Waals surface area (Å²) >= 11 is 1.68. The van der Waals surface area contributed by atoms with E-state index in [1.807, 2.05) is 34.0 Å². The summed E-state index contributed by atoms with van der Waals surface area (Å²) in [5.41, 5.74) is -0.309. The Kier molecular flexibility index (Phi) is 8.52. The maximum absolute atomic E-state index is 12.4. The number of amides is 2. The van der Waals surface area contributed by atoms with E-state index in [-0.39, 0.29) is 23.3 Å². The summed E-state index contributed by atoms with van der Waals surface area (Å²) in [4.78, 5) is 24.1. The van der Waals surface area contributed by atoms with Crippen LogP contribution < -0.4 is 10.6 Å². The zero-order chi connectivity index (χ0) is 17.6. The lowest BCUT2D eigenvalue weighted by Crippen LogP contribution is -2.47. The van der Waals surface area contributed by atoms with Gasteiger partial charge in [-0.05, 0) is 25.0 Å². The molecule has 0 saturated heterocycles. The Morgan fingerprint density at radius 2 is 1.64 bits per heavy atom. The van der Waals surface area contributed by atoms with Gasteiger partial charge >= 0.3 is 0 Å². The highest BCUT2D eigenvalue weighted by Crippen LogP contribution is 2.33. The number of nitrogens with one attached hydrogen (secondary N) is 2. The molecular formula is C17H34N2O2S. The molecule has 2 N–H and O–H groups in total. The van der Waals surface area contributed by atoms with Crippen LogP contribution in [0.15, 0.2) is 0 Å². The molecule has 0 aliphatic carbocycles. The first-order valence-electron chi connectivity index (χ1n) is 7.98. The Morgan fingerprint density at radius 3 is 2.09 bits per heavy atom. The first-order valence-corrected chi connectivity index (χ1v) is 9.26. The van der Waals surface area contributed by atoms with Crippen molar-refractivity contribution in [2.75, 3.05) is 12.8 Å². The molecule has 0 saturated carbocycles. The third-order valence-corrected chi connectivity index (χ3v) is 4.42. The van der Waals surface area contributed by atoms with Gasteiger partial charge < -0.3 is 10.6 Å². The molecule has 0 bridgehead atoms. The molecule has 4 nitrogen and oxygen atoms in total. The Hall–Kier alpha value is -0.710. The number of rotatable bonds is 8. The molecule has 0 radical (unpaired) electrons. The lowest BCUT2D eigenvalue weighted by Gasteiger charge is -2.32. The van der Waals surface area contributed by atoms with E-state index >= 15 is 0 Å². The van der Waals surface area contributed by atoms with Crippen molar-refractivity contribution in [2.45, 2.75) is 72.6 Å². The lowest BCUT2D eigenvalue weighted by atomic mass is 9.75. The van der Waals surface area contributed by atoms with E-state index in [2.05, 4.69) is 31.4 Å². The molecule has 0 aliphatic rings. The average molecular weight is 331 g/mol. The van der Waals surface area contributed by atoms with Crippen molar-refractivity contribution >= 4 is 23.6 Å². The van der Waals surface area contributed by atoms with Crippen LogP contribution in [0.1, 0.15) is 61.3 Å². The van der Waals surface area contributed by atoms with Crippen molar-refractivity contribution in [3.63, 3.8) is 0 Å². The molecule has 5 heteroatoms. The summed E-state index contributed by atoms with van der Waals surface area (Å²) in [6.07, 6.45) is 3.32. The SMILES string of the molecule is CSC(C)CC(=O)NC[C@@H](C)NC(=O)C(C)(C)CC(C)(C)C. The van der Waals surface area contributed by atoms with Crippen LogP contribution in [0.3, 0.4) is 0 Å². The highest BCUT2D eigenvalue weighted by molar-refractivity contribution is 7.99. The van der Waals surface area contributed by atoms with Crippen molar-refractivity contribution in [2.24, 2.45) is 10.8 Å². The van der Waals surface area contributed by atoms with Gasteiger partial charge in [0.25, 0.3) is 0 Å². The van der Waals surface area contributed by atoms with Gasteiger partial charge in [-0.1, -0.05) is 41.5 Å². The predicted octanol–water partition coefficient (Wildman–Crippen LogP) is 3.21. The smallest absolute Gasteiger partial charge is 0.225 e. The number of thioether (sulfide) groups is 1. The van der Waals surface area contributed by atoms with Crippen LogP contribution in [-0.4, -0.2) is 35.9 Å². The molecule has 0 fully saturated rings. The minimum absolute atomic E-state index is 0.0388. The Morgan fingerprint density at radius 1 is 1.09 bits per heavy atom. The highest BCUT2D eigenvalue weighted by Gasteiger charge is 2.33. The fourth-order valence-electron chi connectivity index (χ4n) is 2.56. The van der Waals surface area contributed by atoms with E-state index in [4.69, 9.17) is 0 Å². The first kappa shape index (κ1) is 21.3. The van der Waals surface area contributed by atoms with Gasteiger partial charge in [0.2, 0.25) is 11.8 Å². The van der Waals surface area contributed by atoms with Gasteiger partial charge in [-0.2, -0.15) is 11.8 Å². The molecule has 0 aliphatic heterocycles. The number of carbonyl (C=O) groups excluding carboxylic acids is 2. The van der Waals surface area contributed by atoms with E-state index in [0.717, 1.165) is 6.42 Å². The van der Waals surface area contributed by atoms with Crippen LogP contribution in [-0.2, 0) is 9.59 Å². The first-order chi connectivity index (χ1) is 9.87. The van der Waals surface area contributed by atoms with Crippen LogP contribution >= 0.6 is 11.8 Å². The Bertz CT molecular complexity index is 375. The third kappa shape index (κ3) is 9.34.